The van der Waals surface area contributed by atoms with E-state index >= 15 is 0 Å². The zero-order chi connectivity index (χ0) is 28.1. The van der Waals surface area contributed by atoms with Gasteiger partial charge in [0.2, 0.25) is 11.7 Å². The second-order valence-electron chi connectivity index (χ2n) is 13.9. The zero-order valence-electron chi connectivity index (χ0n) is 24.5. The third kappa shape index (κ3) is 5.64. The van der Waals surface area contributed by atoms with Crippen LogP contribution in [0.15, 0.2) is 9.42 Å². The van der Waals surface area contributed by atoms with Gasteiger partial charge >= 0.3 is 0 Å². The molecule has 7 rings (SSSR count). The Hall–Kier alpha value is -1.78. The largest absolute Gasteiger partial charge is 0.474 e. The van der Waals surface area contributed by atoms with Crippen molar-refractivity contribution >= 4 is 23.6 Å². The minimum absolute atomic E-state index is 0.0625. The predicted molar refractivity (Wildman–Crippen MR) is 152 cm³/mol. The summed E-state index contributed by atoms with van der Waals surface area (Å²) >= 11 is 1.52. The van der Waals surface area contributed by atoms with Crippen LogP contribution in [0.2, 0.25) is 0 Å². The Labute approximate surface area is 242 Å². The molecule has 4 bridgehead atoms. The average Bonchev–Trinajstić information content (AvgIpc) is 3.31. The number of thioether (sulfide) groups is 1. The van der Waals surface area contributed by atoms with Gasteiger partial charge in [-0.2, -0.15) is 0 Å². The maximum Gasteiger partial charge on any atom is 0.291 e. The standard InChI is InChI=1S/C30H46N4O5S/c1-18(2)40-25-24(26(35)32-23-21-12-19-11-20(14-21)15-22(23)13-19)39-33-27(25)37-17-29(3,4)28(36)34-8-5-30(6-9-34)16-31-7-10-38-30/h18-23,31H,5-17H2,1-4H3,(H,32,35). The Kier molecular flexibility index (Phi) is 7.89. The highest BCUT2D eigenvalue weighted by Gasteiger charge is 2.49. The molecule has 0 atom stereocenters. The van der Waals surface area contributed by atoms with E-state index in [0.717, 1.165) is 44.4 Å². The smallest absolute Gasteiger partial charge is 0.291 e. The highest BCUT2D eigenvalue weighted by Crippen LogP contribution is 2.53. The van der Waals surface area contributed by atoms with Gasteiger partial charge in [0.05, 0.1) is 17.6 Å². The molecule has 0 radical (unpaired) electrons. The number of hydrogen-bond donors (Lipinski definition) is 2. The van der Waals surface area contributed by atoms with E-state index in [1.54, 1.807) is 0 Å². The number of carbonyl (C=O) groups is 2. The van der Waals surface area contributed by atoms with Crippen molar-refractivity contribution in [2.24, 2.45) is 29.1 Å². The van der Waals surface area contributed by atoms with Gasteiger partial charge in [0, 0.05) is 37.5 Å². The molecule has 3 heterocycles. The van der Waals surface area contributed by atoms with Crippen LogP contribution in [0.4, 0.5) is 0 Å². The highest BCUT2D eigenvalue weighted by atomic mass is 32.2. The molecular formula is C30H46N4O5S. The topological polar surface area (TPSA) is 106 Å². The molecule has 4 aliphatic carbocycles. The molecule has 40 heavy (non-hydrogen) atoms. The molecule has 2 saturated heterocycles. The lowest BCUT2D eigenvalue weighted by atomic mass is 9.54. The van der Waals surface area contributed by atoms with Crippen molar-refractivity contribution < 1.29 is 23.6 Å². The quantitative estimate of drug-likeness (QED) is 0.447. The molecule has 2 N–H and O–H groups in total. The summed E-state index contributed by atoms with van der Waals surface area (Å²) < 4.78 is 17.9. The molecule has 1 aromatic heterocycles. The Morgan fingerprint density at radius 1 is 1.15 bits per heavy atom. The third-order valence-electron chi connectivity index (χ3n) is 9.95. The lowest BCUT2D eigenvalue weighted by molar-refractivity contribution is -0.150. The van der Waals surface area contributed by atoms with Crippen LogP contribution in [0, 0.1) is 29.1 Å². The van der Waals surface area contributed by atoms with Gasteiger partial charge in [-0.1, -0.05) is 13.8 Å². The summed E-state index contributed by atoms with van der Waals surface area (Å²) in [5, 5.41) is 11.2. The van der Waals surface area contributed by atoms with E-state index in [2.05, 4.69) is 29.6 Å². The SMILES string of the molecule is CC(C)Sc1c(OCC(C)(C)C(=O)N2CCC3(CC2)CNCCO3)noc1C(=O)NC1C2CC3CC(C2)CC1C3. The van der Waals surface area contributed by atoms with E-state index in [1.165, 1.54) is 43.9 Å². The van der Waals surface area contributed by atoms with Crippen LogP contribution >= 0.6 is 11.8 Å². The number of nitrogens with one attached hydrogen (secondary N) is 2. The van der Waals surface area contributed by atoms with Gasteiger partial charge in [-0.15, -0.1) is 11.8 Å². The second kappa shape index (κ2) is 11.1. The number of ether oxygens (including phenoxy) is 2. The van der Waals surface area contributed by atoms with Crippen molar-refractivity contribution in [3.63, 3.8) is 0 Å². The van der Waals surface area contributed by atoms with E-state index < -0.39 is 5.41 Å². The van der Waals surface area contributed by atoms with Crippen LogP contribution < -0.4 is 15.4 Å². The number of morpholine rings is 1. The van der Waals surface area contributed by atoms with E-state index in [-0.39, 0.29) is 41.1 Å². The van der Waals surface area contributed by atoms with Crippen molar-refractivity contribution in [3.05, 3.63) is 5.76 Å². The van der Waals surface area contributed by atoms with Gasteiger partial charge in [-0.25, -0.2) is 0 Å². The van der Waals surface area contributed by atoms with Gasteiger partial charge in [-0.3, -0.25) is 9.59 Å². The normalized spacial score (nSPS) is 31.1. The van der Waals surface area contributed by atoms with E-state index in [4.69, 9.17) is 14.0 Å². The van der Waals surface area contributed by atoms with E-state index in [9.17, 15) is 9.59 Å². The van der Waals surface area contributed by atoms with Crippen LogP contribution in [-0.2, 0) is 9.53 Å². The van der Waals surface area contributed by atoms with Crippen molar-refractivity contribution in [3.8, 4) is 5.88 Å². The maximum absolute atomic E-state index is 13.5. The second-order valence-corrected chi connectivity index (χ2v) is 15.5. The monoisotopic (exact) mass is 574 g/mol. The number of amides is 2. The number of nitrogens with zero attached hydrogens (tertiary/aromatic N) is 2. The number of piperidine rings is 1. The molecular weight excluding hydrogens is 528 g/mol. The van der Waals surface area contributed by atoms with Crippen LogP contribution in [0.25, 0.3) is 0 Å². The molecule has 6 fully saturated rings. The molecule has 2 amide bonds. The predicted octanol–water partition coefficient (Wildman–Crippen LogP) is 4.12. The van der Waals surface area contributed by atoms with Gasteiger partial charge in [0.25, 0.3) is 11.8 Å². The third-order valence-corrected chi connectivity index (χ3v) is 11.0. The van der Waals surface area contributed by atoms with Crippen LogP contribution in [0.1, 0.15) is 83.2 Å². The number of carbonyl (C=O) groups excluding carboxylic acids is 2. The fourth-order valence-electron chi connectivity index (χ4n) is 8.10. The Morgan fingerprint density at radius 2 is 1.82 bits per heavy atom. The minimum atomic E-state index is -0.752. The molecule has 4 saturated carbocycles. The van der Waals surface area contributed by atoms with Crippen molar-refractivity contribution in [1.29, 1.82) is 0 Å². The van der Waals surface area contributed by atoms with Crippen LogP contribution in [-0.4, -0.2) is 78.2 Å². The first-order chi connectivity index (χ1) is 19.1. The maximum atomic E-state index is 13.5. The number of rotatable bonds is 8. The molecule has 9 nitrogen and oxygen atoms in total. The molecule has 2 aliphatic heterocycles. The Bertz CT molecular complexity index is 1060. The molecule has 0 aromatic carbocycles. The van der Waals surface area contributed by atoms with Gasteiger partial charge in [0.15, 0.2) is 0 Å². The summed E-state index contributed by atoms with van der Waals surface area (Å²) in [6.07, 6.45) is 8.01. The van der Waals surface area contributed by atoms with Gasteiger partial charge < -0.3 is 29.5 Å². The lowest BCUT2D eigenvalue weighted by Crippen LogP contribution is -2.57. The summed E-state index contributed by atoms with van der Waals surface area (Å²) in [6.45, 7) is 11.9. The Balaban J connectivity index is 1.09. The summed E-state index contributed by atoms with van der Waals surface area (Å²) in [5.41, 5.74) is -0.898. The number of hydrogen-bond acceptors (Lipinski definition) is 8. The van der Waals surface area contributed by atoms with Crippen LogP contribution in [0.3, 0.4) is 0 Å². The summed E-state index contributed by atoms with van der Waals surface area (Å²) in [5.74, 6) is 3.26. The van der Waals surface area contributed by atoms with Gasteiger partial charge in [-0.05, 0) is 87.6 Å². The fourth-order valence-corrected chi connectivity index (χ4v) is 9.01. The van der Waals surface area contributed by atoms with E-state index in [0.29, 0.717) is 35.7 Å². The fraction of sp³-hybridized carbons (Fsp3) is 0.833. The summed E-state index contributed by atoms with van der Waals surface area (Å²) in [7, 11) is 0. The van der Waals surface area contributed by atoms with Crippen molar-refractivity contribution in [2.45, 2.75) is 94.4 Å². The first kappa shape index (κ1) is 28.3. The highest BCUT2D eigenvalue weighted by molar-refractivity contribution is 8.00. The first-order valence-electron chi connectivity index (χ1n) is 15.4. The molecule has 222 valence electrons. The lowest BCUT2D eigenvalue weighted by Gasteiger charge is -2.54. The number of aromatic nitrogens is 1. The zero-order valence-corrected chi connectivity index (χ0v) is 25.3. The number of likely N-dealkylation sites (tertiary alicyclic amines) is 1. The van der Waals surface area contributed by atoms with Crippen LogP contribution in [0.5, 0.6) is 5.88 Å². The van der Waals surface area contributed by atoms with Gasteiger partial charge in [0.1, 0.15) is 11.5 Å². The summed E-state index contributed by atoms with van der Waals surface area (Å²) in [4.78, 5) is 29.6. The Morgan fingerprint density at radius 3 is 2.42 bits per heavy atom. The average molecular weight is 575 g/mol. The molecule has 10 heteroatoms. The molecule has 1 spiro atoms. The minimum Gasteiger partial charge on any atom is -0.474 e. The molecule has 1 aromatic rings. The first-order valence-corrected chi connectivity index (χ1v) is 16.2. The molecule has 6 aliphatic rings. The van der Waals surface area contributed by atoms with E-state index in [1.807, 2.05) is 18.7 Å². The van der Waals surface area contributed by atoms with Crippen molar-refractivity contribution in [2.75, 3.05) is 39.4 Å². The molecule has 0 unspecified atom stereocenters. The summed E-state index contributed by atoms with van der Waals surface area (Å²) in [6, 6.07) is 0.224. The van der Waals surface area contributed by atoms with Crippen molar-refractivity contribution in [1.82, 2.24) is 20.7 Å².